The highest BCUT2D eigenvalue weighted by Crippen LogP contribution is 2.36. The van der Waals surface area contributed by atoms with Gasteiger partial charge in [-0.1, -0.05) is 57.6 Å². The maximum Gasteiger partial charge on any atom is 0.343 e. The van der Waals surface area contributed by atoms with Crippen LogP contribution in [0.15, 0.2) is 48.5 Å². The molecule has 4 nitrogen and oxygen atoms in total. The standard InChI is InChI=1S/C29H30F4O4/c1-3-4-5-6-7-8-9-18-36-28-26(32)24(30)23(25(31)27(28)33)19-10-12-20(13-11-19)29(34)37-22-16-14-21(35-2)15-17-22/h10-17H,3-9,18H2,1-2H3. The molecule has 0 N–H and O–H groups in total. The number of esters is 1. The fourth-order valence-corrected chi connectivity index (χ4v) is 3.81. The van der Waals surface area contributed by atoms with Crippen LogP contribution in [-0.4, -0.2) is 19.7 Å². The Labute approximate surface area is 214 Å². The van der Waals surface area contributed by atoms with Gasteiger partial charge in [0.15, 0.2) is 17.4 Å². The summed E-state index contributed by atoms with van der Waals surface area (Å²) in [6, 6.07) is 11.2. The largest absolute Gasteiger partial charge is 0.497 e. The van der Waals surface area contributed by atoms with E-state index in [0.29, 0.717) is 12.2 Å². The van der Waals surface area contributed by atoms with Crippen molar-refractivity contribution in [3.8, 4) is 28.4 Å². The lowest BCUT2D eigenvalue weighted by molar-refractivity contribution is 0.0734. The molecule has 0 fully saturated rings. The Bertz CT molecular complexity index is 1150. The summed E-state index contributed by atoms with van der Waals surface area (Å²) in [4.78, 5) is 12.4. The van der Waals surface area contributed by atoms with Crippen LogP contribution in [0.25, 0.3) is 11.1 Å². The molecule has 0 radical (unpaired) electrons. The second-order valence-corrected chi connectivity index (χ2v) is 8.57. The fraction of sp³-hybridized carbons (Fsp3) is 0.345. The molecule has 0 aliphatic rings. The number of halogens is 4. The van der Waals surface area contributed by atoms with Crippen LogP contribution in [0.5, 0.6) is 17.2 Å². The predicted octanol–water partition coefficient (Wildman–Crippen LogP) is 8.27. The van der Waals surface area contributed by atoms with Crippen molar-refractivity contribution < 1.29 is 36.6 Å². The third-order valence-corrected chi connectivity index (χ3v) is 5.90. The minimum Gasteiger partial charge on any atom is -0.497 e. The number of hydrogen-bond acceptors (Lipinski definition) is 4. The van der Waals surface area contributed by atoms with Crippen molar-refractivity contribution in [3.63, 3.8) is 0 Å². The van der Waals surface area contributed by atoms with Crippen molar-refractivity contribution in [2.45, 2.75) is 51.9 Å². The second-order valence-electron chi connectivity index (χ2n) is 8.57. The van der Waals surface area contributed by atoms with Gasteiger partial charge >= 0.3 is 5.97 Å². The van der Waals surface area contributed by atoms with Crippen molar-refractivity contribution in [1.82, 2.24) is 0 Å². The summed E-state index contributed by atoms with van der Waals surface area (Å²) in [5, 5.41) is 0. The lowest BCUT2D eigenvalue weighted by Gasteiger charge is -2.13. The summed E-state index contributed by atoms with van der Waals surface area (Å²) in [6.07, 6.45) is 6.76. The Hall–Kier alpha value is -3.55. The van der Waals surface area contributed by atoms with Crippen LogP contribution in [0.4, 0.5) is 17.6 Å². The average Bonchev–Trinajstić information content (AvgIpc) is 2.91. The van der Waals surface area contributed by atoms with Gasteiger partial charge in [0.2, 0.25) is 11.6 Å². The maximum absolute atomic E-state index is 14.8. The Morgan fingerprint density at radius 3 is 1.81 bits per heavy atom. The molecule has 0 amide bonds. The lowest BCUT2D eigenvalue weighted by Crippen LogP contribution is -2.09. The van der Waals surface area contributed by atoms with Crippen molar-refractivity contribution in [2.75, 3.05) is 13.7 Å². The Morgan fingerprint density at radius 2 is 1.24 bits per heavy atom. The molecule has 0 spiro atoms. The number of benzene rings is 3. The van der Waals surface area contributed by atoms with E-state index in [2.05, 4.69) is 6.92 Å². The first-order valence-corrected chi connectivity index (χ1v) is 12.3. The van der Waals surface area contributed by atoms with Gasteiger partial charge in [0.05, 0.1) is 24.8 Å². The highest BCUT2D eigenvalue weighted by molar-refractivity contribution is 5.91. The third-order valence-electron chi connectivity index (χ3n) is 5.90. The molecule has 3 rings (SSSR count). The molecular weight excluding hydrogens is 488 g/mol. The van der Waals surface area contributed by atoms with E-state index in [4.69, 9.17) is 14.2 Å². The summed E-state index contributed by atoms with van der Waals surface area (Å²) >= 11 is 0. The number of carbonyl (C=O) groups is 1. The number of ether oxygens (including phenoxy) is 3. The van der Waals surface area contributed by atoms with Gasteiger partial charge in [-0.3, -0.25) is 0 Å². The molecule has 0 unspecified atom stereocenters. The minimum atomic E-state index is -1.60. The van der Waals surface area contributed by atoms with Crippen molar-refractivity contribution in [3.05, 3.63) is 77.4 Å². The first-order valence-electron chi connectivity index (χ1n) is 12.3. The summed E-state index contributed by atoms with van der Waals surface area (Å²) in [6.45, 7) is 2.07. The number of rotatable bonds is 13. The normalized spacial score (nSPS) is 10.9. The lowest BCUT2D eigenvalue weighted by atomic mass is 10.0. The van der Waals surface area contributed by atoms with Crippen LogP contribution >= 0.6 is 0 Å². The first-order chi connectivity index (χ1) is 17.9. The van der Waals surface area contributed by atoms with Crippen molar-refractivity contribution in [2.24, 2.45) is 0 Å². The van der Waals surface area contributed by atoms with E-state index in [9.17, 15) is 22.4 Å². The summed E-state index contributed by atoms with van der Waals surface area (Å²) in [5.74, 6) is -7.26. The van der Waals surface area contributed by atoms with Crippen LogP contribution in [0.1, 0.15) is 62.2 Å². The van der Waals surface area contributed by atoms with E-state index >= 15 is 0 Å². The Kier molecular flexibility index (Phi) is 10.4. The van der Waals surface area contributed by atoms with Crippen LogP contribution in [0.2, 0.25) is 0 Å². The van der Waals surface area contributed by atoms with Gasteiger partial charge < -0.3 is 14.2 Å². The molecule has 37 heavy (non-hydrogen) atoms. The van der Waals surface area contributed by atoms with E-state index < -0.39 is 40.6 Å². The summed E-state index contributed by atoms with van der Waals surface area (Å²) < 4.78 is 74.2. The molecule has 198 valence electrons. The van der Waals surface area contributed by atoms with E-state index in [1.807, 2.05) is 0 Å². The minimum absolute atomic E-state index is 0.0507. The van der Waals surface area contributed by atoms with Crippen molar-refractivity contribution in [1.29, 1.82) is 0 Å². The quantitative estimate of drug-likeness (QED) is 0.0751. The van der Waals surface area contributed by atoms with Crippen LogP contribution in [-0.2, 0) is 0 Å². The molecule has 0 saturated carbocycles. The summed E-state index contributed by atoms with van der Waals surface area (Å²) in [7, 11) is 1.50. The number of methoxy groups -OCH3 is 1. The molecule has 8 heteroatoms. The number of carbonyl (C=O) groups excluding carboxylic acids is 1. The fourth-order valence-electron chi connectivity index (χ4n) is 3.81. The topological polar surface area (TPSA) is 44.8 Å². The predicted molar refractivity (Wildman–Crippen MR) is 133 cm³/mol. The summed E-state index contributed by atoms with van der Waals surface area (Å²) in [5.41, 5.74) is -0.947. The third kappa shape index (κ3) is 7.24. The number of hydrogen-bond donors (Lipinski definition) is 0. The molecule has 0 aliphatic carbocycles. The zero-order valence-electron chi connectivity index (χ0n) is 20.9. The highest BCUT2D eigenvalue weighted by Gasteiger charge is 2.27. The Morgan fingerprint density at radius 1 is 0.703 bits per heavy atom. The maximum atomic E-state index is 14.8. The van der Waals surface area contributed by atoms with Gasteiger partial charge in [-0.15, -0.1) is 0 Å². The molecule has 0 bridgehead atoms. The van der Waals surface area contributed by atoms with E-state index in [-0.39, 0.29) is 23.5 Å². The Balaban J connectivity index is 1.67. The highest BCUT2D eigenvalue weighted by atomic mass is 19.2. The second kappa shape index (κ2) is 13.7. The van der Waals surface area contributed by atoms with Gasteiger partial charge in [-0.25, -0.2) is 13.6 Å². The SMILES string of the molecule is CCCCCCCCCOc1c(F)c(F)c(-c2ccc(C(=O)Oc3ccc(OC)cc3)cc2)c(F)c1F. The van der Waals surface area contributed by atoms with Gasteiger partial charge in [0, 0.05) is 0 Å². The van der Waals surface area contributed by atoms with E-state index in [1.165, 1.54) is 31.4 Å². The van der Waals surface area contributed by atoms with Crippen LogP contribution < -0.4 is 14.2 Å². The van der Waals surface area contributed by atoms with Gasteiger partial charge in [-0.05, 0) is 48.4 Å². The van der Waals surface area contributed by atoms with E-state index in [1.54, 1.807) is 24.3 Å². The molecule has 3 aromatic carbocycles. The van der Waals surface area contributed by atoms with Gasteiger partial charge in [0.25, 0.3) is 0 Å². The van der Waals surface area contributed by atoms with Gasteiger partial charge in [0.1, 0.15) is 11.5 Å². The van der Waals surface area contributed by atoms with Gasteiger partial charge in [-0.2, -0.15) is 8.78 Å². The molecule has 0 saturated heterocycles. The molecule has 0 aromatic heterocycles. The molecule has 0 aliphatic heterocycles. The molecule has 3 aromatic rings. The monoisotopic (exact) mass is 518 g/mol. The smallest absolute Gasteiger partial charge is 0.343 e. The van der Waals surface area contributed by atoms with Crippen LogP contribution in [0.3, 0.4) is 0 Å². The average molecular weight is 519 g/mol. The molecule has 0 heterocycles. The molecule has 0 atom stereocenters. The van der Waals surface area contributed by atoms with Crippen LogP contribution in [0, 0.1) is 23.3 Å². The first kappa shape index (κ1) is 28.0. The van der Waals surface area contributed by atoms with E-state index in [0.717, 1.165) is 38.5 Å². The van der Waals surface area contributed by atoms with Crippen molar-refractivity contribution >= 4 is 5.97 Å². The molecular formula is C29H30F4O4. The zero-order valence-corrected chi connectivity index (χ0v) is 20.9. The zero-order chi connectivity index (χ0) is 26.8. The number of unbranched alkanes of at least 4 members (excludes halogenated alkanes) is 6.